The first-order valence-corrected chi connectivity index (χ1v) is 19.0. The van der Waals surface area contributed by atoms with Crippen LogP contribution in [0.3, 0.4) is 0 Å². The molecular weight excluding hydrogens is 419 g/mol. The molecule has 0 amide bonds. The molecule has 0 fully saturated rings. The van der Waals surface area contributed by atoms with Crippen molar-refractivity contribution >= 4 is 18.4 Å². The third kappa shape index (κ3) is 6.14. The fourth-order valence-electron chi connectivity index (χ4n) is 4.96. The van der Waals surface area contributed by atoms with Crippen molar-refractivity contribution in [3.05, 3.63) is 20.8 Å². The molecule has 152 valence electrons. The third-order valence-electron chi connectivity index (χ3n) is 6.31. The molecule has 1 aliphatic carbocycles. The summed E-state index contributed by atoms with van der Waals surface area (Å²) in [7, 11) is 0. The molecule has 0 saturated carbocycles. The molecule has 0 unspecified atom stereocenters. The third-order valence-corrected chi connectivity index (χ3v) is 22.5. The van der Waals surface area contributed by atoms with Crippen LogP contribution in [0.1, 0.15) is 107 Å². The van der Waals surface area contributed by atoms with Gasteiger partial charge >= 0.3 is 171 Å². The van der Waals surface area contributed by atoms with Gasteiger partial charge in [0.05, 0.1) is 0 Å². The molecule has 0 saturated heterocycles. The summed E-state index contributed by atoms with van der Waals surface area (Å²) < 4.78 is 6.84. The molecule has 0 aromatic heterocycles. The van der Waals surface area contributed by atoms with Crippen molar-refractivity contribution in [2.24, 2.45) is 10.8 Å². The van der Waals surface area contributed by atoms with Gasteiger partial charge in [0.2, 0.25) is 0 Å². The predicted molar refractivity (Wildman–Crippen MR) is 124 cm³/mol. The molecule has 0 aromatic rings. The number of rotatable bonds is 10. The van der Waals surface area contributed by atoms with Gasteiger partial charge in [0.15, 0.2) is 0 Å². The Bertz CT molecular complexity index is 471. The van der Waals surface area contributed by atoms with Gasteiger partial charge < -0.3 is 0 Å². The van der Waals surface area contributed by atoms with Gasteiger partial charge in [0.25, 0.3) is 0 Å². The van der Waals surface area contributed by atoms with Crippen molar-refractivity contribution in [3.63, 3.8) is 0 Å². The first-order valence-electron chi connectivity index (χ1n) is 11.5. The Morgan fingerprint density at radius 1 is 0.731 bits per heavy atom. The van der Waals surface area contributed by atoms with Crippen LogP contribution in [-0.2, 0) is 0 Å². The zero-order valence-corrected chi connectivity index (χ0v) is 22.5. The van der Waals surface area contributed by atoms with E-state index in [-0.39, 0.29) is 10.8 Å². The second-order valence-corrected chi connectivity index (χ2v) is 24.1. The molecule has 1 heteroatoms. The van der Waals surface area contributed by atoms with Gasteiger partial charge in [-0.05, 0) is 0 Å². The Morgan fingerprint density at radius 3 is 1.46 bits per heavy atom. The molecule has 0 spiro atoms. The molecule has 1 rings (SSSR count). The van der Waals surface area contributed by atoms with Crippen LogP contribution < -0.4 is 0 Å². The Kier molecular flexibility index (Phi) is 9.51. The summed E-state index contributed by atoms with van der Waals surface area (Å²) in [6.07, 6.45) is 12.5. The van der Waals surface area contributed by atoms with E-state index in [4.69, 9.17) is 0 Å². The first kappa shape index (κ1) is 24.3. The Balaban J connectivity index is 3.52. The molecule has 0 aliphatic heterocycles. The van der Waals surface area contributed by atoms with Gasteiger partial charge in [0.1, 0.15) is 0 Å². The van der Waals surface area contributed by atoms with E-state index in [1.807, 2.05) is 9.16 Å². The zero-order chi connectivity index (χ0) is 20.0. The van der Waals surface area contributed by atoms with Gasteiger partial charge in [-0.2, -0.15) is 0 Å². The molecule has 0 N–H and O–H groups in total. The van der Waals surface area contributed by atoms with Crippen LogP contribution in [0.25, 0.3) is 0 Å². The number of hydrogen-bond donors (Lipinski definition) is 0. The maximum atomic E-state index is 2.64. The van der Waals surface area contributed by atoms with Crippen LogP contribution in [-0.4, -0.2) is 18.4 Å². The summed E-state index contributed by atoms with van der Waals surface area (Å²) >= 11 is -2.33. The van der Waals surface area contributed by atoms with Crippen molar-refractivity contribution < 1.29 is 0 Å². The van der Waals surface area contributed by atoms with Crippen molar-refractivity contribution in [1.82, 2.24) is 0 Å². The molecule has 0 heterocycles. The van der Waals surface area contributed by atoms with E-state index in [0.717, 1.165) is 0 Å². The van der Waals surface area contributed by atoms with Crippen molar-refractivity contribution in [3.8, 4) is 0 Å². The van der Waals surface area contributed by atoms with Gasteiger partial charge in [0, 0.05) is 0 Å². The predicted octanol–water partition coefficient (Wildman–Crippen LogP) is 9.09. The fourth-order valence-corrected chi connectivity index (χ4v) is 23.0. The topological polar surface area (TPSA) is 0 Å². The molecule has 26 heavy (non-hydrogen) atoms. The quantitative estimate of drug-likeness (QED) is 0.281. The number of unbranched alkanes of at least 4 members (excludes halogenated alkanes) is 3. The van der Waals surface area contributed by atoms with Crippen molar-refractivity contribution in [2.75, 3.05) is 0 Å². The molecule has 0 radical (unpaired) electrons. The van der Waals surface area contributed by atoms with Gasteiger partial charge in [-0.25, -0.2) is 0 Å². The minimum absolute atomic E-state index is 0.280. The van der Waals surface area contributed by atoms with E-state index >= 15 is 0 Å². The zero-order valence-electron chi connectivity index (χ0n) is 19.6. The summed E-state index contributed by atoms with van der Waals surface area (Å²) in [5.74, 6) is 0. The monoisotopic (exact) mass is 468 g/mol. The van der Waals surface area contributed by atoms with Gasteiger partial charge in [-0.3, -0.25) is 0 Å². The molecule has 0 aromatic carbocycles. The number of hydrogen-bond acceptors (Lipinski definition) is 0. The Morgan fingerprint density at radius 2 is 1.15 bits per heavy atom. The molecule has 0 nitrogen and oxygen atoms in total. The maximum absolute atomic E-state index is 2.64. The summed E-state index contributed by atoms with van der Waals surface area (Å²) in [4.78, 5) is 0. The standard InChI is InChI=1S/C13H21.3C4H9.Sn/c1-12(2,3)10-8-7-9-11(10)13(4,5)6;3*1-3-4-2;/h8H,7H2,1-6H3;3*1,3-4H2,2H3;. The second kappa shape index (κ2) is 10.2. The van der Waals surface area contributed by atoms with Gasteiger partial charge in [-0.1, -0.05) is 0 Å². The van der Waals surface area contributed by atoms with Crippen molar-refractivity contribution in [2.45, 2.75) is 121 Å². The second-order valence-electron chi connectivity index (χ2n) is 10.8. The van der Waals surface area contributed by atoms with Crippen LogP contribution in [0, 0.1) is 10.8 Å². The Labute approximate surface area is 170 Å². The molecule has 0 atom stereocenters. The summed E-state index contributed by atoms with van der Waals surface area (Å²) in [6, 6.07) is 0. The van der Waals surface area contributed by atoms with E-state index in [2.05, 4.69) is 68.4 Å². The average Bonchev–Trinajstić information content (AvgIpc) is 3.01. The number of allylic oxidation sites excluding steroid dienone is 4. The van der Waals surface area contributed by atoms with E-state index in [1.54, 1.807) is 18.9 Å². The minimum atomic E-state index is -2.33. The molecule has 0 bridgehead atoms. The first-order chi connectivity index (χ1) is 12.0. The van der Waals surface area contributed by atoms with E-state index in [0.29, 0.717) is 0 Å². The molecular formula is C25H48Sn. The molecule has 1 aliphatic rings. The fraction of sp³-hybridized carbons (Fsp3) is 0.840. The SMILES string of the molecule is CCC[CH2][Sn]([CH2]CCC)([CH2]CCC)[C]1=C(C(C)(C)C)C(C(C)(C)C)=CC1. The normalized spacial score (nSPS) is 16.4. The van der Waals surface area contributed by atoms with Crippen LogP contribution in [0.4, 0.5) is 0 Å². The summed E-state index contributed by atoms with van der Waals surface area (Å²) in [5.41, 5.74) is 4.06. The summed E-state index contributed by atoms with van der Waals surface area (Å²) in [6.45, 7) is 21.9. The van der Waals surface area contributed by atoms with Crippen LogP contribution in [0.2, 0.25) is 13.3 Å². The van der Waals surface area contributed by atoms with Crippen LogP contribution in [0.5, 0.6) is 0 Å². The van der Waals surface area contributed by atoms with E-state index < -0.39 is 18.4 Å². The van der Waals surface area contributed by atoms with Crippen LogP contribution in [0.15, 0.2) is 20.8 Å². The summed E-state index contributed by atoms with van der Waals surface area (Å²) in [5, 5.41) is 0. The van der Waals surface area contributed by atoms with E-state index in [1.165, 1.54) is 44.9 Å². The van der Waals surface area contributed by atoms with Gasteiger partial charge in [-0.15, -0.1) is 0 Å². The van der Waals surface area contributed by atoms with E-state index in [9.17, 15) is 0 Å². The Hall–Kier alpha value is 0.279. The van der Waals surface area contributed by atoms with Crippen molar-refractivity contribution in [1.29, 1.82) is 0 Å². The average molecular weight is 467 g/mol. The van der Waals surface area contributed by atoms with Crippen LogP contribution >= 0.6 is 0 Å².